The Morgan fingerprint density at radius 3 is 2.38 bits per heavy atom. The van der Waals surface area contributed by atoms with Crippen molar-refractivity contribution in [2.75, 3.05) is 13.2 Å². The fourth-order valence-electron chi connectivity index (χ4n) is 3.52. The second-order valence-corrected chi connectivity index (χ2v) is 7.25. The lowest BCUT2D eigenvalue weighted by Crippen LogP contribution is -2.24. The maximum absolute atomic E-state index is 5.94. The summed E-state index contributed by atoms with van der Waals surface area (Å²) in [6.45, 7) is 1.56. The van der Waals surface area contributed by atoms with E-state index in [1.807, 2.05) is 61.3 Å². The number of rotatable bonds is 10. The van der Waals surface area contributed by atoms with Crippen molar-refractivity contribution in [2.24, 2.45) is 0 Å². The predicted molar refractivity (Wildman–Crippen MR) is 148 cm³/mol. The van der Waals surface area contributed by atoms with Crippen LogP contribution in [0.3, 0.4) is 0 Å². The van der Waals surface area contributed by atoms with Crippen LogP contribution in [0.15, 0.2) is 85.6 Å². The van der Waals surface area contributed by atoms with Crippen LogP contribution in [0.5, 0.6) is 5.75 Å². The van der Waals surface area contributed by atoms with Gasteiger partial charge in [0.15, 0.2) is 0 Å². The van der Waals surface area contributed by atoms with E-state index in [0.29, 0.717) is 6.61 Å². The number of halogens is 4. The summed E-state index contributed by atoms with van der Waals surface area (Å²) in [6.07, 6.45) is 12.2. The summed E-state index contributed by atoms with van der Waals surface area (Å²) < 4.78 is 5.94. The zero-order valence-corrected chi connectivity index (χ0v) is 21.8. The highest BCUT2D eigenvalue weighted by Gasteiger charge is 2.11. The fraction of sp³-hybridized carbons (Fsp3) is 0.240. The highest BCUT2D eigenvalue weighted by atomic mass is 35.5. The molecule has 34 heavy (non-hydrogen) atoms. The topological polar surface area (TPSA) is 59.9 Å². The van der Waals surface area contributed by atoms with E-state index in [1.165, 1.54) is 11.1 Å². The number of pyridine rings is 3. The third-order valence-electron chi connectivity index (χ3n) is 5.11. The van der Waals surface area contributed by atoms with Gasteiger partial charge in [-0.1, -0.05) is 12.1 Å². The molecule has 0 spiro atoms. The molecule has 0 saturated carbocycles. The minimum Gasteiger partial charge on any atom is -0.494 e. The summed E-state index contributed by atoms with van der Waals surface area (Å²) in [6, 6.07) is 18.6. The van der Waals surface area contributed by atoms with Crippen LogP contribution in [0.25, 0.3) is 10.9 Å². The Labute approximate surface area is 225 Å². The number of aromatic nitrogens is 3. The number of nitrogens with one attached hydrogen (secondary N) is 1. The summed E-state index contributed by atoms with van der Waals surface area (Å²) in [7, 11) is 0. The molecular weight excluding hydrogens is 514 g/mol. The molecule has 3 aromatic heterocycles. The highest BCUT2D eigenvalue weighted by Crippen LogP contribution is 2.20. The van der Waals surface area contributed by atoms with Crippen LogP contribution in [0.2, 0.25) is 0 Å². The molecule has 0 bridgehead atoms. The van der Waals surface area contributed by atoms with Gasteiger partial charge in [0.05, 0.1) is 12.1 Å². The van der Waals surface area contributed by atoms with Gasteiger partial charge < -0.3 is 10.1 Å². The van der Waals surface area contributed by atoms with Gasteiger partial charge in [-0.25, -0.2) is 0 Å². The average Bonchev–Trinajstić information content (AvgIpc) is 2.82. The van der Waals surface area contributed by atoms with E-state index in [4.69, 9.17) is 4.74 Å². The number of benzene rings is 1. The van der Waals surface area contributed by atoms with Crippen LogP contribution in [0, 0.1) is 0 Å². The van der Waals surface area contributed by atoms with Crippen molar-refractivity contribution >= 4 is 60.5 Å². The van der Waals surface area contributed by atoms with E-state index in [9.17, 15) is 0 Å². The number of ether oxygens (including phenoxy) is 1. The molecule has 0 fully saturated rings. The maximum Gasteiger partial charge on any atom is 0.120 e. The van der Waals surface area contributed by atoms with Crippen molar-refractivity contribution < 1.29 is 4.74 Å². The Bertz CT molecular complexity index is 1060. The molecule has 0 aliphatic carbocycles. The second kappa shape index (κ2) is 17.3. The van der Waals surface area contributed by atoms with Gasteiger partial charge >= 0.3 is 0 Å². The summed E-state index contributed by atoms with van der Waals surface area (Å²) in [5.74, 6) is 0.887. The molecule has 3 heterocycles. The molecule has 0 aliphatic rings. The van der Waals surface area contributed by atoms with E-state index in [-0.39, 0.29) is 55.7 Å². The first-order valence-corrected chi connectivity index (χ1v) is 10.4. The standard InChI is InChI=1S/C25H26N4O.4ClH/c1-4-20(19-27-12-1)6-8-24(21-10-15-26-16-11-21)29-14-3-17-30-23-7-9-25-22(18-23)5-2-13-28-25;;;;/h1-2,4-5,7,9-13,15-16,18-19,24,29H,3,6,8,14,17H2;4*1H. The third-order valence-corrected chi connectivity index (χ3v) is 5.11. The third kappa shape index (κ3) is 9.61. The van der Waals surface area contributed by atoms with Gasteiger partial charge in [0.2, 0.25) is 0 Å². The van der Waals surface area contributed by atoms with Crippen LogP contribution in [0.4, 0.5) is 0 Å². The number of hydrogen-bond donors (Lipinski definition) is 1. The summed E-state index contributed by atoms with van der Waals surface area (Å²) in [5.41, 5.74) is 3.50. The molecular formula is C25H30Cl4N4O. The van der Waals surface area contributed by atoms with Gasteiger partial charge in [-0.15, -0.1) is 49.6 Å². The molecule has 1 aromatic carbocycles. The van der Waals surface area contributed by atoms with Crippen molar-refractivity contribution in [3.63, 3.8) is 0 Å². The van der Waals surface area contributed by atoms with Crippen molar-refractivity contribution in [2.45, 2.75) is 25.3 Å². The Hall–Kier alpha value is -2.15. The highest BCUT2D eigenvalue weighted by molar-refractivity contribution is 5.86. The quantitative estimate of drug-likeness (QED) is 0.233. The molecule has 0 saturated heterocycles. The first-order valence-electron chi connectivity index (χ1n) is 10.4. The van der Waals surface area contributed by atoms with Gasteiger partial charge in [-0.2, -0.15) is 0 Å². The molecule has 184 valence electrons. The van der Waals surface area contributed by atoms with Crippen molar-refractivity contribution in [3.8, 4) is 5.75 Å². The zero-order valence-electron chi connectivity index (χ0n) is 18.6. The van der Waals surface area contributed by atoms with Gasteiger partial charge in [0.25, 0.3) is 0 Å². The molecule has 1 atom stereocenters. The number of aryl methyl sites for hydroxylation is 1. The van der Waals surface area contributed by atoms with Crippen molar-refractivity contribution in [1.29, 1.82) is 0 Å². The first-order chi connectivity index (χ1) is 14.9. The Balaban J connectivity index is 0.00000272. The predicted octanol–water partition coefficient (Wildman–Crippen LogP) is 6.44. The van der Waals surface area contributed by atoms with Crippen LogP contribution in [-0.2, 0) is 6.42 Å². The molecule has 9 heteroatoms. The van der Waals surface area contributed by atoms with E-state index >= 15 is 0 Å². The van der Waals surface area contributed by atoms with E-state index in [2.05, 4.69) is 44.5 Å². The van der Waals surface area contributed by atoms with Gasteiger partial charge in [0.1, 0.15) is 5.75 Å². The lowest BCUT2D eigenvalue weighted by molar-refractivity contribution is 0.304. The summed E-state index contributed by atoms with van der Waals surface area (Å²) >= 11 is 0. The molecule has 4 aromatic rings. The van der Waals surface area contributed by atoms with Crippen LogP contribution in [-0.4, -0.2) is 28.1 Å². The lowest BCUT2D eigenvalue weighted by atomic mass is 10.0. The smallest absolute Gasteiger partial charge is 0.120 e. The first kappa shape index (κ1) is 31.9. The number of hydrogen-bond acceptors (Lipinski definition) is 5. The van der Waals surface area contributed by atoms with Gasteiger partial charge in [-0.05, 0) is 79.4 Å². The Morgan fingerprint density at radius 2 is 1.62 bits per heavy atom. The molecule has 0 aliphatic heterocycles. The SMILES string of the molecule is Cl.Cl.Cl.Cl.c1cncc(CCC(NCCCOc2ccc3ncccc3c2)c2ccncc2)c1. The lowest BCUT2D eigenvalue weighted by Gasteiger charge is -2.19. The van der Waals surface area contributed by atoms with Crippen molar-refractivity contribution in [3.05, 3.63) is 96.7 Å². The Morgan fingerprint density at radius 1 is 0.824 bits per heavy atom. The number of nitrogens with zero attached hydrogens (tertiary/aromatic N) is 3. The summed E-state index contributed by atoms with van der Waals surface area (Å²) in [4.78, 5) is 12.7. The normalized spacial score (nSPS) is 10.6. The molecule has 4 rings (SSSR count). The van der Waals surface area contributed by atoms with Crippen LogP contribution >= 0.6 is 49.6 Å². The molecule has 0 radical (unpaired) electrons. The monoisotopic (exact) mass is 542 g/mol. The van der Waals surface area contributed by atoms with Gasteiger partial charge in [-0.3, -0.25) is 15.0 Å². The minimum absolute atomic E-state index is 0. The molecule has 1 unspecified atom stereocenters. The Kier molecular flexibility index (Phi) is 16.2. The summed E-state index contributed by atoms with van der Waals surface area (Å²) in [5, 5.41) is 4.78. The molecule has 5 nitrogen and oxygen atoms in total. The van der Waals surface area contributed by atoms with E-state index in [1.54, 1.807) is 0 Å². The van der Waals surface area contributed by atoms with Crippen molar-refractivity contribution in [1.82, 2.24) is 20.3 Å². The zero-order chi connectivity index (χ0) is 20.4. The van der Waals surface area contributed by atoms with E-state index < -0.39 is 0 Å². The average molecular weight is 544 g/mol. The maximum atomic E-state index is 5.94. The van der Waals surface area contributed by atoms with Gasteiger partial charge in [0, 0.05) is 42.4 Å². The fourth-order valence-corrected chi connectivity index (χ4v) is 3.52. The minimum atomic E-state index is 0. The second-order valence-electron chi connectivity index (χ2n) is 7.25. The van der Waals surface area contributed by atoms with Crippen LogP contribution in [0.1, 0.15) is 30.0 Å². The molecule has 1 N–H and O–H groups in total. The van der Waals surface area contributed by atoms with E-state index in [0.717, 1.165) is 42.5 Å². The molecule has 0 amide bonds. The largest absolute Gasteiger partial charge is 0.494 e. The van der Waals surface area contributed by atoms with Crippen LogP contribution < -0.4 is 10.1 Å². The number of fused-ring (bicyclic) bond motifs is 1.